The van der Waals surface area contributed by atoms with E-state index in [4.69, 9.17) is 0 Å². The van der Waals surface area contributed by atoms with Crippen LogP contribution in [0.15, 0.2) is 47.7 Å². The zero-order valence-corrected chi connectivity index (χ0v) is 17.2. The van der Waals surface area contributed by atoms with Crippen molar-refractivity contribution in [1.82, 2.24) is 0 Å². The molecule has 0 spiro atoms. The molecule has 1 N–H and O–H groups in total. The van der Waals surface area contributed by atoms with E-state index in [0.717, 1.165) is 22.7 Å². The van der Waals surface area contributed by atoms with Crippen LogP contribution in [0.3, 0.4) is 0 Å². The number of rotatable bonds is 2. The average molecular weight is 411 g/mol. The third-order valence-corrected chi connectivity index (χ3v) is 6.39. The number of hydrogen-bond donors (Lipinski definition) is 1. The predicted octanol–water partition coefficient (Wildman–Crippen LogP) is 4.82. The molecule has 0 fully saturated rings. The Labute approximate surface area is 172 Å². The number of nitrogens with zero attached hydrogens (tertiary/aromatic N) is 2. The van der Waals surface area contributed by atoms with E-state index in [9.17, 15) is 19.7 Å². The van der Waals surface area contributed by atoms with Crippen LogP contribution in [-0.2, 0) is 9.59 Å². The number of allylic oxidation sites excluding steroid dienone is 1. The second-order valence-corrected chi connectivity index (χ2v) is 9.29. The molecule has 1 unspecified atom stereocenters. The Balaban J connectivity index is 1.99. The van der Waals surface area contributed by atoms with Crippen molar-refractivity contribution < 1.29 is 14.5 Å². The van der Waals surface area contributed by atoms with Gasteiger partial charge in [0.2, 0.25) is 5.91 Å². The number of nitrogens with one attached hydrogen (secondary N) is 1. The number of carbonyl (C=O) groups is 2. The first-order valence-electron chi connectivity index (χ1n) is 9.34. The molecule has 2 aromatic rings. The van der Waals surface area contributed by atoms with Crippen LogP contribution in [0.1, 0.15) is 44.5 Å². The van der Waals surface area contributed by atoms with Crippen molar-refractivity contribution in [2.75, 3.05) is 10.2 Å². The van der Waals surface area contributed by atoms with Gasteiger partial charge in [-0.2, -0.15) is 0 Å². The summed E-state index contributed by atoms with van der Waals surface area (Å²) in [7, 11) is 0. The fourth-order valence-corrected chi connectivity index (χ4v) is 5.11. The van der Waals surface area contributed by atoms with Gasteiger partial charge in [0.05, 0.1) is 16.3 Å². The Morgan fingerprint density at radius 3 is 2.62 bits per heavy atom. The lowest BCUT2D eigenvalue weighted by atomic mass is 9.74. The number of amides is 1. The molecule has 0 saturated carbocycles. The molecule has 7 nitrogen and oxygen atoms in total. The number of nitro groups is 1. The monoisotopic (exact) mass is 411 g/mol. The zero-order chi connectivity index (χ0) is 20.9. The SMILES string of the molecule is CC(=O)N1c2ccccc2NC2=C(C(=O)CC(C)(C)C2)C1c1ccc([N+](=O)[O-])s1. The highest BCUT2D eigenvalue weighted by atomic mass is 32.1. The van der Waals surface area contributed by atoms with Gasteiger partial charge in [-0.25, -0.2) is 0 Å². The number of ketones is 1. The summed E-state index contributed by atoms with van der Waals surface area (Å²) in [5.41, 5.74) is 2.49. The molecule has 1 aromatic carbocycles. The number of fused-ring (bicyclic) bond motifs is 1. The van der Waals surface area contributed by atoms with Crippen LogP contribution in [0.5, 0.6) is 0 Å². The Bertz CT molecular complexity index is 1070. The van der Waals surface area contributed by atoms with Crippen molar-refractivity contribution in [3.05, 3.63) is 62.7 Å². The van der Waals surface area contributed by atoms with Gasteiger partial charge < -0.3 is 5.32 Å². The van der Waals surface area contributed by atoms with Gasteiger partial charge >= 0.3 is 5.00 Å². The van der Waals surface area contributed by atoms with E-state index in [1.54, 1.807) is 11.0 Å². The molecule has 2 aliphatic rings. The van der Waals surface area contributed by atoms with E-state index >= 15 is 0 Å². The molecule has 2 heterocycles. The first kappa shape index (κ1) is 19.3. The van der Waals surface area contributed by atoms with Crippen LogP contribution in [0.4, 0.5) is 16.4 Å². The summed E-state index contributed by atoms with van der Waals surface area (Å²) >= 11 is 1.00. The van der Waals surface area contributed by atoms with Gasteiger partial charge in [-0.15, -0.1) is 0 Å². The summed E-state index contributed by atoms with van der Waals surface area (Å²) in [4.78, 5) is 39.0. The molecule has 1 aliphatic heterocycles. The Hall–Kier alpha value is -3.00. The van der Waals surface area contributed by atoms with Gasteiger partial charge in [0.1, 0.15) is 6.04 Å². The first-order valence-corrected chi connectivity index (χ1v) is 10.2. The summed E-state index contributed by atoms with van der Waals surface area (Å²) in [6.07, 6.45) is 1.01. The number of thiophene rings is 1. The average Bonchev–Trinajstić information content (AvgIpc) is 3.05. The maximum Gasteiger partial charge on any atom is 0.324 e. The van der Waals surface area contributed by atoms with Gasteiger partial charge in [-0.1, -0.05) is 37.3 Å². The summed E-state index contributed by atoms with van der Waals surface area (Å²) in [5.74, 6) is -0.268. The highest BCUT2D eigenvalue weighted by Crippen LogP contribution is 2.49. The standard InChI is InChI=1S/C21H21N3O4S/c1-12(25)23-15-7-5-4-6-13(15)22-14-10-21(2,3)11-16(26)19(14)20(23)17-8-9-18(29-17)24(27)28/h4-9,20,22H,10-11H2,1-3H3. The number of benzene rings is 1. The largest absolute Gasteiger partial charge is 0.357 e. The van der Waals surface area contributed by atoms with E-state index in [-0.39, 0.29) is 22.1 Å². The Morgan fingerprint density at radius 2 is 1.97 bits per heavy atom. The lowest BCUT2D eigenvalue weighted by Gasteiger charge is -2.36. The minimum atomic E-state index is -0.694. The van der Waals surface area contributed by atoms with Crippen LogP contribution >= 0.6 is 11.3 Å². The summed E-state index contributed by atoms with van der Waals surface area (Å²) in [5, 5.41) is 14.6. The van der Waals surface area contributed by atoms with Crippen molar-refractivity contribution in [3.8, 4) is 0 Å². The predicted molar refractivity (Wildman–Crippen MR) is 112 cm³/mol. The lowest BCUT2D eigenvalue weighted by molar-refractivity contribution is -0.380. The van der Waals surface area contributed by atoms with Gasteiger partial charge in [-0.3, -0.25) is 24.6 Å². The number of Topliss-reactive ketones (excluding diaryl/α,β-unsaturated/α-hetero) is 1. The minimum Gasteiger partial charge on any atom is -0.357 e. The maximum absolute atomic E-state index is 13.3. The zero-order valence-electron chi connectivity index (χ0n) is 16.4. The van der Waals surface area contributed by atoms with E-state index in [1.165, 1.54) is 13.0 Å². The number of hydrogen-bond acceptors (Lipinski definition) is 6. The molecule has 0 saturated heterocycles. The second kappa shape index (κ2) is 6.81. The van der Waals surface area contributed by atoms with Gasteiger partial charge in [0, 0.05) is 35.6 Å². The molecule has 0 radical (unpaired) electrons. The Morgan fingerprint density at radius 1 is 1.24 bits per heavy atom. The Kier molecular flexibility index (Phi) is 4.53. The van der Waals surface area contributed by atoms with E-state index < -0.39 is 11.0 Å². The van der Waals surface area contributed by atoms with Gasteiger partial charge in [0.25, 0.3) is 0 Å². The molecule has 0 bridgehead atoms. The van der Waals surface area contributed by atoms with Crippen LogP contribution in [0, 0.1) is 15.5 Å². The minimum absolute atomic E-state index is 0.0141. The van der Waals surface area contributed by atoms with Crippen molar-refractivity contribution in [3.63, 3.8) is 0 Å². The summed E-state index contributed by atoms with van der Waals surface area (Å²) in [6, 6.07) is 9.79. The molecule has 150 valence electrons. The fourth-order valence-electron chi connectivity index (χ4n) is 4.19. The third-order valence-electron chi connectivity index (χ3n) is 5.30. The van der Waals surface area contributed by atoms with Crippen LogP contribution < -0.4 is 10.2 Å². The maximum atomic E-state index is 13.3. The molecule has 1 amide bonds. The highest BCUT2D eigenvalue weighted by Gasteiger charge is 2.43. The molecular weight excluding hydrogens is 390 g/mol. The summed E-state index contributed by atoms with van der Waals surface area (Å²) < 4.78 is 0. The van der Waals surface area contributed by atoms with Gasteiger partial charge in [0.15, 0.2) is 5.78 Å². The molecule has 1 atom stereocenters. The highest BCUT2D eigenvalue weighted by molar-refractivity contribution is 7.15. The smallest absolute Gasteiger partial charge is 0.324 e. The lowest BCUT2D eigenvalue weighted by Crippen LogP contribution is -2.38. The van der Waals surface area contributed by atoms with Crippen molar-refractivity contribution in [2.24, 2.45) is 5.41 Å². The molecule has 8 heteroatoms. The topological polar surface area (TPSA) is 92.6 Å². The first-order chi connectivity index (χ1) is 13.7. The number of carbonyl (C=O) groups excluding carboxylic acids is 2. The van der Waals surface area contributed by atoms with E-state index in [2.05, 4.69) is 5.32 Å². The third kappa shape index (κ3) is 3.33. The summed E-state index contributed by atoms with van der Waals surface area (Å²) in [6.45, 7) is 5.54. The van der Waals surface area contributed by atoms with E-state index in [1.807, 2.05) is 38.1 Å². The van der Waals surface area contributed by atoms with Crippen molar-refractivity contribution >= 4 is 39.4 Å². The number of anilines is 2. The van der Waals surface area contributed by atoms with Crippen molar-refractivity contribution in [1.29, 1.82) is 0 Å². The fraction of sp³-hybridized carbons (Fsp3) is 0.333. The van der Waals surface area contributed by atoms with Crippen LogP contribution in [0.25, 0.3) is 0 Å². The van der Waals surface area contributed by atoms with Crippen molar-refractivity contribution in [2.45, 2.75) is 39.7 Å². The molecule has 4 rings (SSSR count). The molecule has 29 heavy (non-hydrogen) atoms. The normalized spacial score (nSPS) is 20.4. The number of para-hydroxylation sites is 2. The van der Waals surface area contributed by atoms with Crippen LogP contribution in [-0.4, -0.2) is 16.6 Å². The molecule has 1 aromatic heterocycles. The quantitative estimate of drug-likeness (QED) is 0.565. The molecular formula is C21H21N3O4S. The second-order valence-electron chi connectivity index (χ2n) is 8.20. The van der Waals surface area contributed by atoms with Gasteiger partial charge in [-0.05, 0) is 30.0 Å². The molecule has 1 aliphatic carbocycles. The van der Waals surface area contributed by atoms with E-state index in [0.29, 0.717) is 29.0 Å². The van der Waals surface area contributed by atoms with Crippen LogP contribution in [0.2, 0.25) is 0 Å².